The van der Waals surface area contributed by atoms with Gasteiger partial charge in [0.25, 0.3) is 0 Å². The molecule has 5 heteroatoms. The van der Waals surface area contributed by atoms with Gasteiger partial charge in [0.05, 0.1) is 13.2 Å². The molecule has 0 saturated carbocycles. The number of carboxylic acid groups (broad SMARTS) is 1. The van der Waals surface area contributed by atoms with Gasteiger partial charge in [0, 0.05) is 6.54 Å². The Hall–Kier alpha value is -2.56. The molecule has 1 fully saturated rings. The number of aromatic nitrogens is 1. The van der Waals surface area contributed by atoms with Crippen molar-refractivity contribution in [1.82, 2.24) is 4.98 Å². The van der Waals surface area contributed by atoms with Gasteiger partial charge >= 0.3 is 5.97 Å². The summed E-state index contributed by atoms with van der Waals surface area (Å²) in [6.45, 7) is 3.06. The zero-order valence-electron chi connectivity index (χ0n) is 13.3. The van der Waals surface area contributed by atoms with Crippen LogP contribution in [0, 0.1) is 5.92 Å². The molecule has 1 saturated heterocycles. The van der Waals surface area contributed by atoms with Crippen LogP contribution in [0.2, 0.25) is 0 Å². The minimum atomic E-state index is -1.00. The van der Waals surface area contributed by atoms with Gasteiger partial charge in [-0.05, 0) is 42.2 Å². The summed E-state index contributed by atoms with van der Waals surface area (Å²) in [7, 11) is 1.66. The first-order chi connectivity index (χ1) is 11.1. The molecule has 1 aromatic carbocycles. The fourth-order valence-corrected chi connectivity index (χ4v) is 3.17. The lowest BCUT2D eigenvalue weighted by atomic mass is 10.0. The van der Waals surface area contributed by atoms with E-state index < -0.39 is 5.97 Å². The normalized spacial score (nSPS) is 20.5. The smallest absolute Gasteiger partial charge is 0.354 e. The highest BCUT2D eigenvalue weighted by Gasteiger charge is 2.32. The maximum absolute atomic E-state index is 11.2. The maximum atomic E-state index is 11.2. The molecular formula is C18H20N2O3. The zero-order chi connectivity index (χ0) is 16.4. The minimum absolute atomic E-state index is 0.0754. The van der Waals surface area contributed by atoms with E-state index in [-0.39, 0.29) is 11.7 Å². The van der Waals surface area contributed by atoms with E-state index >= 15 is 0 Å². The molecule has 0 radical (unpaired) electrons. The van der Waals surface area contributed by atoms with Gasteiger partial charge in [0.2, 0.25) is 0 Å². The van der Waals surface area contributed by atoms with Crippen LogP contribution in [0.5, 0.6) is 5.75 Å². The first kappa shape index (κ1) is 15.3. The van der Waals surface area contributed by atoms with Crippen LogP contribution in [0.4, 0.5) is 5.82 Å². The van der Waals surface area contributed by atoms with E-state index in [4.69, 9.17) is 9.84 Å². The SMILES string of the molecule is COc1cccc(C2CC(C)CN2c2cccc(C(=O)O)n2)c1. The van der Waals surface area contributed by atoms with Gasteiger partial charge in [0.15, 0.2) is 5.69 Å². The van der Waals surface area contributed by atoms with Crippen LogP contribution < -0.4 is 9.64 Å². The van der Waals surface area contributed by atoms with E-state index in [1.165, 1.54) is 6.07 Å². The molecule has 2 aromatic rings. The number of anilines is 1. The molecule has 0 bridgehead atoms. The van der Waals surface area contributed by atoms with Gasteiger partial charge in [-0.25, -0.2) is 9.78 Å². The number of rotatable bonds is 4. The van der Waals surface area contributed by atoms with E-state index in [0.717, 1.165) is 24.3 Å². The average Bonchev–Trinajstić information content (AvgIpc) is 2.97. The van der Waals surface area contributed by atoms with Crippen molar-refractivity contribution in [2.24, 2.45) is 5.92 Å². The van der Waals surface area contributed by atoms with E-state index in [1.807, 2.05) is 24.3 Å². The van der Waals surface area contributed by atoms with Crippen molar-refractivity contribution >= 4 is 11.8 Å². The molecule has 1 aliphatic rings. The molecule has 120 valence electrons. The Morgan fingerprint density at radius 2 is 2.09 bits per heavy atom. The predicted molar refractivity (Wildman–Crippen MR) is 88.1 cm³/mol. The predicted octanol–water partition coefficient (Wildman–Crippen LogP) is 3.38. The average molecular weight is 312 g/mol. The number of aromatic carboxylic acids is 1. The third-order valence-corrected chi connectivity index (χ3v) is 4.24. The largest absolute Gasteiger partial charge is 0.497 e. The Morgan fingerprint density at radius 1 is 1.30 bits per heavy atom. The highest BCUT2D eigenvalue weighted by atomic mass is 16.5. The van der Waals surface area contributed by atoms with E-state index in [9.17, 15) is 4.79 Å². The monoisotopic (exact) mass is 312 g/mol. The summed E-state index contributed by atoms with van der Waals surface area (Å²) in [5, 5.41) is 9.16. The lowest BCUT2D eigenvalue weighted by molar-refractivity contribution is 0.0690. The number of carboxylic acids is 1. The summed E-state index contributed by atoms with van der Waals surface area (Å²) in [6.07, 6.45) is 1.01. The summed E-state index contributed by atoms with van der Waals surface area (Å²) < 4.78 is 5.32. The van der Waals surface area contributed by atoms with Crippen LogP contribution in [-0.2, 0) is 0 Å². The number of hydrogen-bond donors (Lipinski definition) is 1. The van der Waals surface area contributed by atoms with Crippen molar-refractivity contribution in [1.29, 1.82) is 0 Å². The zero-order valence-corrected chi connectivity index (χ0v) is 13.3. The molecule has 1 aromatic heterocycles. The molecule has 2 unspecified atom stereocenters. The standard InChI is InChI=1S/C18H20N2O3/c1-12-9-16(13-5-3-6-14(10-13)23-2)20(11-12)17-8-4-7-15(19-17)18(21)22/h3-8,10,12,16H,9,11H2,1-2H3,(H,21,22). The van der Waals surface area contributed by atoms with Crippen molar-refractivity contribution in [2.45, 2.75) is 19.4 Å². The van der Waals surface area contributed by atoms with E-state index in [1.54, 1.807) is 13.2 Å². The topological polar surface area (TPSA) is 62.7 Å². The first-order valence-electron chi connectivity index (χ1n) is 7.69. The Labute approximate surface area is 135 Å². The second-order valence-corrected chi connectivity index (χ2v) is 5.97. The number of hydrogen-bond acceptors (Lipinski definition) is 4. The van der Waals surface area contributed by atoms with E-state index in [0.29, 0.717) is 11.7 Å². The Kier molecular flexibility index (Phi) is 4.19. The first-order valence-corrected chi connectivity index (χ1v) is 7.69. The second-order valence-electron chi connectivity index (χ2n) is 5.97. The van der Waals surface area contributed by atoms with Crippen molar-refractivity contribution in [3.05, 3.63) is 53.7 Å². The maximum Gasteiger partial charge on any atom is 0.354 e. The summed E-state index contributed by atoms with van der Waals surface area (Å²) in [5.74, 6) is 1.05. The molecular weight excluding hydrogens is 292 g/mol. The van der Waals surface area contributed by atoms with Gasteiger partial charge in [0.1, 0.15) is 11.6 Å². The fourth-order valence-electron chi connectivity index (χ4n) is 3.17. The van der Waals surface area contributed by atoms with Crippen molar-refractivity contribution in [3.8, 4) is 5.75 Å². The third-order valence-electron chi connectivity index (χ3n) is 4.24. The number of nitrogens with zero attached hydrogens (tertiary/aromatic N) is 2. The molecule has 1 N–H and O–H groups in total. The molecule has 5 nitrogen and oxygen atoms in total. The Balaban J connectivity index is 1.96. The van der Waals surface area contributed by atoms with Gasteiger partial charge < -0.3 is 14.7 Å². The highest BCUT2D eigenvalue weighted by Crippen LogP contribution is 2.38. The number of pyridine rings is 1. The fraction of sp³-hybridized carbons (Fsp3) is 0.333. The van der Waals surface area contributed by atoms with Crippen molar-refractivity contribution in [3.63, 3.8) is 0 Å². The lowest BCUT2D eigenvalue weighted by Gasteiger charge is -2.26. The van der Waals surface area contributed by atoms with Crippen LogP contribution in [0.1, 0.15) is 35.4 Å². The van der Waals surface area contributed by atoms with Gasteiger partial charge in [-0.15, -0.1) is 0 Å². The Morgan fingerprint density at radius 3 is 2.83 bits per heavy atom. The van der Waals surface area contributed by atoms with Gasteiger partial charge in [-0.2, -0.15) is 0 Å². The van der Waals surface area contributed by atoms with Gasteiger partial charge in [-0.1, -0.05) is 25.1 Å². The lowest BCUT2D eigenvalue weighted by Crippen LogP contribution is -2.24. The van der Waals surface area contributed by atoms with Gasteiger partial charge in [-0.3, -0.25) is 0 Å². The Bertz CT molecular complexity index is 717. The second kappa shape index (κ2) is 6.28. The molecule has 2 atom stereocenters. The summed E-state index contributed by atoms with van der Waals surface area (Å²) in [4.78, 5) is 17.7. The molecule has 0 spiro atoms. The van der Waals surface area contributed by atoms with Crippen LogP contribution in [0.15, 0.2) is 42.5 Å². The van der Waals surface area contributed by atoms with Crippen molar-refractivity contribution < 1.29 is 14.6 Å². The third kappa shape index (κ3) is 3.13. The van der Waals surface area contributed by atoms with Crippen LogP contribution in [0.3, 0.4) is 0 Å². The van der Waals surface area contributed by atoms with Crippen LogP contribution >= 0.6 is 0 Å². The minimum Gasteiger partial charge on any atom is -0.497 e. The molecule has 3 rings (SSSR count). The summed E-state index contributed by atoms with van der Waals surface area (Å²) >= 11 is 0. The van der Waals surface area contributed by atoms with Crippen LogP contribution in [0.25, 0.3) is 0 Å². The van der Waals surface area contributed by atoms with Crippen LogP contribution in [-0.4, -0.2) is 29.7 Å². The molecule has 23 heavy (non-hydrogen) atoms. The molecule has 2 heterocycles. The number of ether oxygens (including phenoxy) is 1. The molecule has 0 aliphatic carbocycles. The number of benzene rings is 1. The molecule has 0 amide bonds. The highest BCUT2D eigenvalue weighted by molar-refractivity contribution is 5.85. The summed E-state index contributed by atoms with van der Waals surface area (Å²) in [6, 6.07) is 13.3. The summed E-state index contributed by atoms with van der Waals surface area (Å²) in [5.41, 5.74) is 1.24. The van der Waals surface area contributed by atoms with Crippen molar-refractivity contribution in [2.75, 3.05) is 18.6 Å². The van der Waals surface area contributed by atoms with E-state index in [2.05, 4.69) is 22.9 Å². The quantitative estimate of drug-likeness (QED) is 0.937. The number of methoxy groups -OCH3 is 1. The molecule has 1 aliphatic heterocycles. The number of carbonyl (C=O) groups is 1.